The number of amides is 1. The van der Waals surface area contributed by atoms with Crippen molar-refractivity contribution in [1.29, 1.82) is 0 Å². The molecule has 0 atom stereocenters. The zero-order valence-electron chi connectivity index (χ0n) is 18.8. The quantitative estimate of drug-likeness (QED) is 0.238. The number of rotatable bonds is 11. The number of phenolic OH excluding ortho intramolecular Hbond substituents is 1. The van der Waals surface area contributed by atoms with Gasteiger partial charge in [0.25, 0.3) is 0 Å². The van der Waals surface area contributed by atoms with Gasteiger partial charge in [-0.25, -0.2) is 4.98 Å². The highest BCUT2D eigenvalue weighted by atomic mass is 16.5. The molecule has 0 fully saturated rings. The summed E-state index contributed by atoms with van der Waals surface area (Å²) in [6.45, 7) is 1.61. The molecule has 2 aromatic carbocycles. The fourth-order valence-electron chi connectivity index (χ4n) is 3.49. The minimum Gasteiger partial charge on any atom is -0.507 e. The summed E-state index contributed by atoms with van der Waals surface area (Å²) in [5, 5.41) is 20.8. The van der Waals surface area contributed by atoms with Crippen LogP contribution >= 0.6 is 0 Å². The van der Waals surface area contributed by atoms with E-state index >= 15 is 0 Å². The Kier molecular flexibility index (Phi) is 7.65. The van der Waals surface area contributed by atoms with Crippen molar-refractivity contribution in [2.45, 2.75) is 19.3 Å². The highest BCUT2D eigenvalue weighted by Crippen LogP contribution is 2.29. The summed E-state index contributed by atoms with van der Waals surface area (Å²) in [5.74, 6) is 1.60. The van der Waals surface area contributed by atoms with Gasteiger partial charge in [0.1, 0.15) is 25.2 Å². The predicted octanol–water partition coefficient (Wildman–Crippen LogP) is 2.67. The van der Waals surface area contributed by atoms with Crippen LogP contribution in [0.1, 0.15) is 19.3 Å². The van der Waals surface area contributed by atoms with E-state index in [0.29, 0.717) is 48.5 Å². The number of nitrogens with one attached hydrogen (secondary N) is 2. The first-order valence-electron chi connectivity index (χ1n) is 11.2. The van der Waals surface area contributed by atoms with Crippen LogP contribution in [0.4, 0.5) is 5.82 Å². The number of carbonyl (C=O) groups is 1. The van der Waals surface area contributed by atoms with Crippen LogP contribution in [0.25, 0.3) is 16.9 Å². The van der Waals surface area contributed by atoms with E-state index in [1.165, 1.54) is 0 Å². The molecule has 0 spiro atoms. The second kappa shape index (κ2) is 11.2. The molecule has 0 saturated carbocycles. The van der Waals surface area contributed by atoms with Crippen LogP contribution in [-0.4, -0.2) is 53.2 Å². The Labute approximate surface area is 199 Å². The Bertz CT molecular complexity index is 1250. The van der Waals surface area contributed by atoms with Gasteiger partial charge >= 0.3 is 0 Å². The normalized spacial score (nSPS) is 10.8. The van der Waals surface area contributed by atoms with E-state index < -0.39 is 0 Å². The fourth-order valence-corrected chi connectivity index (χ4v) is 3.49. The van der Waals surface area contributed by atoms with Gasteiger partial charge < -0.3 is 20.5 Å². The Morgan fingerprint density at radius 3 is 2.65 bits per heavy atom. The summed E-state index contributed by atoms with van der Waals surface area (Å²) in [6, 6.07) is 18.3. The van der Waals surface area contributed by atoms with Crippen molar-refractivity contribution in [3.63, 3.8) is 0 Å². The predicted molar refractivity (Wildman–Crippen MR) is 133 cm³/mol. The SMILES string of the molecule is [B]c1cnn2c(NCCCCNC(=O)CCOc3ccccc3)cc(-c3ccccc3O)nc12. The molecule has 8 nitrogen and oxygen atoms in total. The largest absolute Gasteiger partial charge is 0.507 e. The number of phenols is 1. The van der Waals surface area contributed by atoms with E-state index in [1.54, 1.807) is 28.9 Å². The molecule has 0 bridgehead atoms. The lowest BCUT2D eigenvalue weighted by molar-refractivity contribution is -0.121. The number of aromatic nitrogens is 3. The average Bonchev–Trinajstić information content (AvgIpc) is 3.23. The zero-order valence-corrected chi connectivity index (χ0v) is 18.8. The van der Waals surface area contributed by atoms with Crippen LogP contribution in [0, 0.1) is 0 Å². The molecule has 0 aliphatic carbocycles. The molecule has 34 heavy (non-hydrogen) atoms. The van der Waals surface area contributed by atoms with Crippen molar-refractivity contribution < 1.29 is 14.6 Å². The molecule has 0 unspecified atom stereocenters. The summed E-state index contributed by atoms with van der Waals surface area (Å²) < 4.78 is 7.19. The number of aromatic hydroxyl groups is 1. The third-order valence-corrected chi connectivity index (χ3v) is 5.25. The van der Waals surface area contributed by atoms with E-state index in [9.17, 15) is 9.90 Å². The van der Waals surface area contributed by atoms with Gasteiger partial charge in [0, 0.05) is 30.9 Å². The molecular formula is C25H26BN5O3. The number of nitrogens with zero attached hydrogens (tertiary/aromatic N) is 3. The lowest BCUT2D eigenvalue weighted by atomic mass is 10.0. The number of anilines is 1. The van der Waals surface area contributed by atoms with E-state index in [0.717, 1.165) is 24.4 Å². The molecule has 172 valence electrons. The molecule has 4 rings (SSSR count). The van der Waals surface area contributed by atoms with Crippen molar-refractivity contribution in [2.75, 3.05) is 25.0 Å². The average molecular weight is 455 g/mol. The third kappa shape index (κ3) is 5.86. The first-order valence-corrected chi connectivity index (χ1v) is 11.2. The lowest BCUT2D eigenvalue weighted by Crippen LogP contribution is -2.26. The molecule has 2 radical (unpaired) electrons. The fraction of sp³-hybridized carbons (Fsp3) is 0.240. The van der Waals surface area contributed by atoms with E-state index in [4.69, 9.17) is 12.6 Å². The monoisotopic (exact) mass is 455 g/mol. The van der Waals surface area contributed by atoms with Crippen LogP contribution in [0.5, 0.6) is 11.5 Å². The maximum atomic E-state index is 12.0. The van der Waals surface area contributed by atoms with Gasteiger partial charge in [-0.2, -0.15) is 9.61 Å². The van der Waals surface area contributed by atoms with E-state index in [-0.39, 0.29) is 11.7 Å². The minimum absolute atomic E-state index is 0.0286. The summed E-state index contributed by atoms with van der Waals surface area (Å²) in [5.41, 5.74) is 2.20. The van der Waals surface area contributed by atoms with Gasteiger partial charge in [-0.15, -0.1) is 0 Å². The maximum absolute atomic E-state index is 12.0. The number of hydrogen-bond donors (Lipinski definition) is 3. The van der Waals surface area contributed by atoms with Crippen LogP contribution < -0.4 is 20.8 Å². The van der Waals surface area contributed by atoms with Gasteiger partial charge in [-0.1, -0.05) is 30.3 Å². The van der Waals surface area contributed by atoms with Crippen molar-refractivity contribution in [1.82, 2.24) is 19.9 Å². The lowest BCUT2D eigenvalue weighted by Gasteiger charge is -2.12. The molecule has 4 aromatic rings. The number of fused-ring (bicyclic) bond motifs is 1. The Balaban J connectivity index is 1.24. The van der Waals surface area contributed by atoms with Gasteiger partial charge in [0.2, 0.25) is 5.91 Å². The van der Waals surface area contributed by atoms with Gasteiger partial charge in [-0.3, -0.25) is 4.79 Å². The van der Waals surface area contributed by atoms with Crippen molar-refractivity contribution in [3.05, 3.63) is 66.9 Å². The molecule has 2 aromatic heterocycles. The number of benzene rings is 2. The van der Waals surface area contributed by atoms with Crippen LogP contribution in [0.3, 0.4) is 0 Å². The summed E-state index contributed by atoms with van der Waals surface area (Å²) in [6.07, 6.45) is 3.53. The van der Waals surface area contributed by atoms with Gasteiger partial charge in [-0.05, 0) is 42.6 Å². The summed E-state index contributed by atoms with van der Waals surface area (Å²) in [4.78, 5) is 16.5. The number of ether oxygens (including phenoxy) is 1. The van der Waals surface area contributed by atoms with E-state index in [2.05, 4.69) is 20.7 Å². The van der Waals surface area contributed by atoms with E-state index in [1.807, 2.05) is 42.5 Å². The topological polar surface area (TPSA) is 101 Å². The van der Waals surface area contributed by atoms with Crippen LogP contribution in [0.15, 0.2) is 66.9 Å². The molecule has 2 heterocycles. The third-order valence-electron chi connectivity index (χ3n) is 5.25. The second-order valence-electron chi connectivity index (χ2n) is 7.77. The number of para-hydroxylation sites is 2. The molecular weight excluding hydrogens is 429 g/mol. The van der Waals surface area contributed by atoms with Crippen molar-refractivity contribution in [2.24, 2.45) is 0 Å². The number of carbonyl (C=O) groups excluding carboxylic acids is 1. The van der Waals surface area contributed by atoms with Crippen LogP contribution in [0.2, 0.25) is 0 Å². The maximum Gasteiger partial charge on any atom is 0.223 e. The molecule has 3 N–H and O–H groups in total. The van der Waals surface area contributed by atoms with Crippen molar-refractivity contribution in [3.8, 4) is 22.8 Å². The highest BCUT2D eigenvalue weighted by molar-refractivity contribution is 6.36. The highest BCUT2D eigenvalue weighted by Gasteiger charge is 2.12. The van der Waals surface area contributed by atoms with Gasteiger partial charge in [0.05, 0.1) is 18.7 Å². The first-order chi connectivity index (χ1) is 16.6. The number of hydrogen-bond acceptors (Lipinski definition) is 6. The molecule has 1 amide bonds. The summed E-state index contributed by atoms with van der Waals surface area (Å²) >= 11 is 0. The molecule has 0 saturated heterocycles. The Morgan fingerprint density at radius 1 is 1.06 bits per heavy atom. The summed E-state index contributed by atoms with van der Waals surface area (Å²) in [7, 11) is 6.04. The molecule has 0 aliphatic rings. The Morgan fingerprint density at radius 2 is 1.82 bits per heavy atom. The number of unbranched alkanes of at least 4 members (excludes halogenated alkanes) is 1. The second-order valence-corrected chi connectivity index (χ2v) is 7.77. The zero-order chi connectivity index (χ0) is 23.8. The Hall–Kier alpha value is -4.01. The smallest absolute Gasteiger partial charge is 0.223 e. The standard InChI is InChI=1S/C25H26BN5O3/c26-20-17-29-31-23(16-21(30-25(20)31)19-10-4-5-11-22(19)32)27-13-6-7-14-28-24(33)12-15-34-18-8-2-1-3-9-18/h1-5,8-11,16-17,27,32H,6-7,12-15H2,(H,28,33). The molecule has 0 aliphatic heterocycles. The van der Waals surface area contributed by atoms with Crippen LogP contribution in [-0.2, 0) is 4.79 Å². The first kappa shape index (κ1) is 23.2. The van der Waals surface area contributed by atoms with Crippen molar-refractivity contribution >= 4 is 30.7 Å². The van der Waals surface area contributed by atoms with Gasteiger partial charge in [0.15, 0.2) is 5.65 Å². The minimum atomic E-state index is -0.0286. The molecule has 9 heteroatoms.